The van der Waals surface area contributed by atoms with Gasteiger partial charge in [0.2, 0.25) is 0 Å². The number of amides is 2. The lowest BCUT2D eigenvalue weighted by atomic mass is 9.94. The first-order valence-electron chi connectivity index (χ1n) is 12.8. The Labute approximate surface area is 230 Å². The molecule has 0 fully saturated rings. The fourth-order valence-electron chi connectivity index (χ4n) is 4.39. The van der Waals surface area contributed by atoms with Gasteiger partial charge in [0, 0.05) is 36.3 Å². The van der Waals surface area contributed by atoms with Gasteiger partial charge in [-0.15, -0.1) is 0 Å². The summed E-state index contributed by atoms with van der Waals surface area (Å²) < 4.78 is 27.6. The molecule has 4 aromatic rings. The molecular weight excluding hydrogens is 514 g/mol. The van der Waals surface area contributed by atoms with Crippen molar-refractivity contribution in [3.8, 4) is 11.1 Å². The number of carbonyl (C=O) groups is 3. The zero-order valence-corrected chi connectivity index (χ0v) is 21.6. The highest BCUT2D eigenvalue weighted by atomic mass is 19.1. The molecule has 0 spiro atoms. The third-order valence-corrected chi connectivity index (χ3v) is 6.46. The van der Waals surface area contributed by atoms with Crippen molar-refractivity contribution in [1.29, 1.82) is 0 Å². The van der Waals surface area contributed by atoms with Crippen LogP contribution in [0, 0.1) is 11.6 Å². The molecule has 0 bridgehead atoms. The van der Waals surface area contributed by atoms with E-state index in [0.717, 1.165) is 23.8 Å². The quantitative estimate of drug-likeness (QED) is 0.254. The van der Waals surface area contributed by atoms with Gasteiger partial charge >= 0.3 is 5.97 Å². The van der Waals surface area contributed by atoms with Gasteiger partial charge in [0.15, 0.2) is 0 Å². The molecule has 8 heteroatoms. The molecule has 204 valence electrons. The topological polar surface area (TPSA) is 86.7 Å². The highest BCUT2D eigenvalue weighted by Gasteiger charge is 2.22. The van der Waals surface area contributed by atoms with E-state index in [1.54, 1.807) is 48.5 Å². The number of nitrogens with zero attached hydrogens (tertiary/aromatic N) is 1. The SMILES string of the molecule is O=C(O)CCN(CCc1ccccc1)C(=O)c1ccccc1-c1ccccc1C(=O)NCc1cc(F)ccc1F. The zero-order chi connectivity index (χ0) is 28.5. The molecule has 0 saturated heterocycles. The average Bonchev–Trinajstić information content (AvgIpc) is 2.97. The van der Waals surface area contributed by atoms with Gasteiger partial charge in [-0.25, -0.2) is 8.78 Å². The number of carboxylic acid groups (broad SMARTS) is 1. The van der Waals surface area contributed by atoms with Crippen molar-refractivity contribution < 1.29 is 28.3 Å². The summed E-state index contributed by atoms with van der Waals surface area (Å²) in [6.07, 6.45) is 0.336. The number of aliphatic carboxylic acids is 1. The summed E-state index contributed by atoms with van der Waals surface area (Å²) in [5.74, 6) is -3.14. The molecule has 0 aliphatic carbocycles. The van der Waals surface area contributed by atoms with Crippen molar-refractivity contribution in [3.05, 3.63) is 131 Å². The maximum absolute atomic E-state index is 14.1. The van der Waals surface area contributed by atoms with E-state index < -0.39 is 23.5 Å². The lowest BCUT2D eigenvalue weighted by molar-refractivity contribution is -0.137. The van der Waals surface area contributed by atoms with Crippen LogP contribution in [0.25, 0.3) is 11.1 Å². The van der Waals surface area contributed by atoms with Crippen molar-refractivity contribution in [1.82, 2.24) is 10.2 Å². The molecule has 0 atom stereocenters. The lowest BCUT2D eigenvalue weighted by Crippen LogP contribution is -2.35. The number of nitrogens with one attached hydrogen (secondary N) is 1. The first-order valence-corrected chi connectivity index (χ1v) is 12.8. The van der Waals surface area contributed by atoms with Gasteiger partial charge in [0.05, 0.1) is 6.42 Å². The molecule has 40 heavy (non-hydrogen) atoms. The van der Waals surface area contributed by atoms with Crippen LogP contribution in [0.5, 0.6) is 0 Å². The molecular formula is C32H28F2N2O4. The minimum atomic E-state index is -1.01. The van der Waals surface area contributed by atoms with E-state index in [1.807, 2.05) is 30.3 Å². The van der Waals surface area contributed by atoms with Crippen LogP contribution in [0.1, 0.15) is 38.3 Å². The normalized spacial score (nSPS) is 10.7. The van der Waals surface area contributed by atoms with Crippen LogP contribution in [-0.2, 0) is 17.8 Å². The summed E-state index contributed by atoms with van der Waals surface area (Å²) in [4.78, 5) is 39.8. The molecule has 2 N–H and O–H groups in total. The largest absolute Gasteiger partial charge is 0.481 e. The fraction of sp³-hybridized carbons (Fsp3) is 0.156. The number of halogens is 2. The van der Waals surface area contributed by atoms with Crippen molar-refractivity contribution in [2.75, 3.05) is 13.1 Å². The summed E-state index contributed by atoms with van der Waals surface area (Å²) in [6.45, 7) is 0.113. The summed E-state index contributed by atoms with van der Waals surface area (Å²) in [6, 6.07) is 26.1. The summed E-state index contributed by atoms with van der Waals surface area (Å²) in [7, 11) is 0. The van der Waals surface area contributed by atoms with Crippen molar-refractivity contribution in [2.24, 2.45) is 0 Å². The van der Waals surface area contributed by atoms with Crippen molar-refractivity contribution >= 4 is 17.8 Å². The maximum atomic E-state index is 14.1. The van der Waals surface area contributed by atoms with Crippen LogP contribution >= 0.6 is 0 Å². The predicted octanol–water partition coefficient (Wildman–Crippen LogP) is 5.72. The minimum absolute atomic E-state index is 0.00824. The number of benzene rings is 4. The van der Waals surface area contributed by atoms with Gasteiger partial charge in [-0.05, 0) is 53.4 Å². The van der Waals surface area contributed by atoms with Crippen LogP contribution in [0.2, 0.25) is 0 Å². The fourth-order valence-corrected chi connectivity index (χ4v) is 4.39. The van der Waals surface area contributed by atoms with E-state index in [0.29, 0.717) is 29.7 Å². The van der Waals surface area contributed by atoms with Gasteiger partial charge in [0.1, 0.15) is 11.6 Å². The summed E-state index contributed by atoms with van der Waals surface area (Å²) in [5, 5.41) is 11.9. The number of carboxylic acids is 1. The highest BCUT2D eigenvalue weighted by molar-refractivity contribution is 6.06. The molecule has 4 rings (SSSR count). The van der Waals surface area contributed by atoms with E-state index in [1.165, 1.54) is 4.90 Å². The lowest BCUT2D eigenvalue weighted by Gasteiger charge is -2.24. The van der Waals surface area contributed by atoms with Crippen molar-refractivity contribution in [3.63, 3.8) is 0 Å². The molecule has 0 unspecified atom stereocenters. The van der Waals surface area contributed by atoms with Crippen LogP contribution in [0.4, 0.5) is 8.78 Å². The Bertz CT molecular complexity index is 1510. The molecule has 2 amide bonds. The van der Waals surface area contributed by atoms with Crippen LogP contribution in [0.15, 0.2) is 97.1 Å². The second kappa shape index (κ2) is 13.3. The standard InChI is InChI=1S/C32H28F2N2O4/c33-24-14-15-29(34)23(20-24)21-35-31(39)27-12-6-4-10-25(27)26-11-5-7-13-28(26)32(40)36(19-17-30(37)38)18-16-22-8-2-1-3-9-22/h1-15,20H,16-19,21H2,(H,35,39)(H,37,38). The van der Waals surface area contributed by atoms with E-state index >= 15 is 0 Å². The third kappa shape index (κ3) is 7.17. The average molecular weight is 543 g/mol. The van der Waals surface area contributed by atoms with Gasteiger partial charge < -0.3 is 15.3 Å². The molecule has 4 aromatic carbocycles. The van der Waals surface area contributed by atoms with E-state index in [4.69, 9.17) is 0 Å². The summed E-state index contributed by atoms with van der Waals surface area (Å²) >= 11 is 0. The Morgan fingerprint density at radius 1 is 0.750 bits per heavy atom. The Balaban J connectivity index is 1.61. The molecule has 6 nitrogen and oxygen atoms in total. The second-order valence-electron chi connectivity index (χ2n) is 9.18. The minimum Gasteiger partial charge on any atom is -0.481 e. The monoisotopic (exact) mass is 542 g/mol. The molecule has 0 aromatic heterocycles. The van der Waals surface area contributed by atoms with Gasteiger partial charge in [-0.3, -0.25) is 14.4 Å². The zero-order valence-electron chi connectivity index (χ0n) is 21.6. The first kappa shape index (κ1) is 28.2. The van der Waals surface area contributed by atoms with Gasteiger partial charge in [-0.2, -0.15) is 0 Å². The van der Waals surface area contributed by atoms with E-state index in [2.05, 4.69) is 5.32 Å². The van der Waals surface area contributed by atoms with Gasteiger partial charge in [0.25, 0.3) is 11.8 Å². The Kier molecular flexibility index (Phi) is 9.35. The van der Waals surface area contributed by atoms with Crippen LogP contribution < -0.4 is 5.32 Å². The van der Waals surface area contributed by atoms with Crippen LogP contribution in [-0.4, -0.2) is 40.9 Å². The van der Waals surface area contributed by atoms with E-state index in [9.17, 15) is 28.3 Å². The van der Waals surface area contributed by atoms with Gasteiger partial charge in [-0.1, -0.05) is 66.7 Å². The molecule has 0 aliphatic heterocycles. The van der Waals surface area contributed by atoms with Crippen molar-refractivity contribution in [2.45, 2.75) is 19.4 Å². The first-order chi connectivity index (χ1) is 19.3. The number of hydrogen-bond donors (Lipinski definition) is 2. The number of carbonyl (C=O) groups excluding carboxylic acids is 2. The Morgan fingerprint density at radius 2 is 1.38 bits per heavy atom. The highest BCUT2D eigenvalue weighted by Crippen LogP contribution is 2.28. The Hall–Kier alpha value is -4.85. The molecule has 0 saturated carbocycles. The van der Waals surface area contributed by atoms with Crippen LogP contribution in [0.3, 0.4) is 0 Å². The molecule has 0 aliphatic rings. The maximum Gasteiger partial charge on any atom is 0.305 e. The molecule has 0 heterocycles. The van der Waals surface area contributed by atoms with E-state index in [-0.39, 0.29) is 36.5 Å². The second-order valence-corrected chi connectivity index (χ2v) is 9.18. The summed E-state index contributed by atoms with van der Waals surface area (Å²) in [5.41, 5.74) is 2.56. The molecule has 0 radical (unpaired) electrons. The Morgan fingerprint density at radius 3 is 2.08 bits per heavy atom. The smallest absolute Gasteiger partial charge is 0.305 e. The number of hydrogen-bond acceptors (Lipinski definition) is 3. The number of rotatable bonds is 11. The third-order valence-electron chi connectivity index (χ3n) is 6.46. The predicted molar refractivity (Wildman–Crippen MR) is 148 cm³/mol.